The second kappa shape index (κ2) is 22.7. The molecule has 0 radical (unpaired) electrons. The SMILES string of the molecule is CCOC(=O)C1(Cc2cccc(Nc3ccn[nH]3)n2)CCN(C(=O)c2cccc(C)c2F)CC1.CCOC(=O)C1(Cc2cccc(Nc3ccnn3C(C)(C)C)n2)CCN(C(=O)c2cccc(C)c2F)CC1. The number of hydrogen-bond acceptors (Lipinski definition) is 12. The number of aromatic nitrogens is 6. The van der Waals surface area contributed by atoms with Gasteiger partial charge in [0.05, 0.1) is 53.1 Å². The number of carbonyl (C=O) groups excluding carboxylic acids is 4. The Morgan fingerprint density at radius 2 is 1.10 bits per heavy atom. The summed E-state index contributed by atoms with van der Waals surface area (Å²) in [5, 5.41) is 17.6. The molecule has 72 heavy (non-hydrogen) atoms. The Morgan fingerprint density at radius 3 is 1.53 bits per heavy atom. The standard InChI is InChI=1S/C29H36FN5O3.C25H28FN5O3/c1-6-38-27(37)29(14-17-34(18-15-29)26(36)22-11-7-9-20(2)25(22)30)19-21-10-8-12-23(32-21)33-24-13-16-31-35(24)28(3,4)5;1-3-34-24(33)25(16-18-7-5-9-20(28-18)29-21-10-13-27-30-21)11-14-31(15-12-25)23(32)19-8-4-6-17(2)22(19)26/h7-13,16H,6,14-15,17-19H2,1-5H3,(H,32,33);4-10,13H,3,11-12,14-16H2,1-2H3,(H2,27,28,29,30). The number of rotatable bonds is 14. The number of ether oxygens (including phenoxy) is 2. The van der Waals surface area contributed by atoms with E-state index in [2.05, 4.69) is 51.7 Å². The number of esters is 2. The van der Waals surface area contributed by atoms with E-state index < -0.39 is 22.5 Å². The van der Waals surface area contributed by atoms with Crippen LogP contribution in [0, 0.1) is 36.3 Å². The second-order valence-electron chi connectivity index (χ2n) is 19.4. The molecule has 0 aliphatic carbocycles. The van der Waals surface area contributed by atoms with Gasteiger partial charge in [-0.25, -0.2) is 23.4 Å². The molecule has 0 saturated carbocycles. The lowest BCUT2D eigenvalue weighted by atomic mass is 9.74. The number of benzene rings is 2. The van der Waals surface area contributed by atoms with Crippen LogP contribution in [0.3, 0.4) is 0 Å². The Bertz CT molecular complexity index is 2850. The Morgan fingerprint density at radius 1 is 0.639 bits per heavy atom. The van der Waals surface area contributed by atoms with Crippen LogP contribution in [0.5, 0.6) is 0 Å². The number of likely N-dealkylation sites (tertiary alicyclic amines) is 2. The minimum absolute atomic E-state index is 0.0582. The summed E-state index contributed by atoms with van der Waals surface area (Å²) in [6.07, 6.45) is 5.76. The molecule has 8 rings (SSSR count). The van der Waals surface area contributed by atoms with Crippen LogP contribution in [-0.4, -0.2) is 103 Å². The molecular formula is C54H64F2N10O6. The number of aromatic amines is 1. The van der Waals surface area contributed by atoms with Gasteiger partial charge in [0.25, 0.3) is 11.8 Å². The quantitative estimate of drug-likeness (QED) is 0.0879. The van der Waals surface area contributed by atoms with Gasteiger partial charge in [0, 0.05) is 62.5 Å². The largest absolute Gasteiger partial charge is 0.466 e. The molecule has 3 N–H and O–H groups in total. The molecule has 2 fully saturated rings. The van der Waals surface area contributed by atoms with Crippen molar-refractivity contribution in [2.24, 2.45) is 10.8 Å². The number of piperidine rings is 2. The van der Waals surface area contributed by atoms with E-state index in [0.29, 0.717) is 93.3 Å². The minimum atomic E-state index is -0.823. The first kappa shape index (κ1) is 52.3. The highest BCUT2D eigenvalue weighted by atomic mass is 19.1. The van der Waals surface area contributed by atoms with Crippen molar-refractivity contribution in [2.75, 3.05) is 50.0 Å². The minimum Gasteiger partial charge on any atom is -0.466 e. The van der Waals surface area contributed by atoms with E-state index in [1.807, 2.05) is 47.1 Å². The van der Waals surface area contributed by atoms with Crippen LogP contribution in [0.4, 0.5) is 32.1 Å². The molecule has 18 heteroatoms. The van der Waals surface area contributed by atoms with Gasteiger partial charge < -0.3 is 29.9 Å². The molecule has 0 unspecified atom stereocenters. The van der Waals surface area contributed by atoms with Crippen LogP contribution in [-0.2, 0) is 37.4 Å². The molecule has 2 aromatic carbocycles. The van der Waals surface area contributed by atoms with Gasteiger partial charge in [-0.2, -0.15) is 10.2 Å². The van der Waals surface area contributed by atoms with Gasteiger partial charge in [-0.1, -0.05) is 36.4 Å². The van der Waals surface area contributed by atoms with Gasteiger partial charge in [-0.15, -0.1) is 0 Å². The highest BCUT2D eigenvalue weighted by molar-refractivity contribution is 5.95. The van der Waals surface area contributed by atoms with Crippen molar-refractivity contribution in [3.63, 3.8) is 0 Å². The molecule has 2 aliphatic rings. The summed E-state index contributed by atoms with van der Waals surface area (Å²) in [7, 11) is 0. The van der Waals surface area contributed by atoms with Crippen molar-refractivity contribution in [1.82, 2.24) is 39.7 Å². The number of nitrogens with zero attached hydrogens (tertiary/aromatic N) is 7. The molecule has 2 aliphatic heterocycles. The van der Waals surface area contributed by atoms with Crippen molar-refractivity contribution in [3.05, 3.63) is 143 Å². The third-order valence-electron chi connectivity index (χ3n) is 13.2. The first-order chi connectivity index (χ1) is 34.5. The number of nitrogens with one attached hydrogen (secondary N) is 3. The maximum absolute atomic E-state index is 14.6. The van der Waals surface area contributed by atoms with Gasteiger partial charge in [0.1, 0.15) is 34.9 Å². The summed E-state index contributed by atoms with van der Waals surface area (Å²) in [5.74, 6) is 0.501. The third-order valence-corrected chi connectivity index (χ3v) is 13.2. The highest BCUT2D eigenvalue weighted by Gasteiger charge is 2.46. The van der Waals surface area contributed by atoms with Gasteiger partial charge in [0.15, 0.2) is 0 Å². The lowest BCUT2D eigenvalue weighted by Gasteiger charge is -2.40. The number of aryl methyl sites for hydroxylation is 2. The van der Waals surface area contributed by atoms with E-state index in [9.17, 15) is 28.0 Å². The predicted molar refractivity (Wildman–Crippen MR) is 269 cm³/mol. The number of hydrogen-bond donors (Lipinski definition) is 3. The lowest BCUT2D eigenvalue weighted by molar-refractivity contribution is -0.159. The summed E-state index contributed by atoms with van der Waals surface area (Å²) in [4.78, 5) is 65.0. The fourth-order valence-electron chi connectivity index (χ4n) is 9.23. The van der Waals surface area contributed by atoms with Crippen LogP contribution in [0.2, 0.25) is 0 Å². The van der Waals surface area contributed by atoms with Crippen LogP contribution >= 0.6 is 0 Å². The van der Waals surface area contributed by atoms with Crippen molar-refractivity contribution in [2.45, 2.75) is 92.5 Å². The van der Waals surface area contributed by atoms with E-state index in [4.69, 9.17) is 14.5 Å². The fourth-order valence-corrected chi connectivity index (χ4v) is 9.23. The van der Waals surface area contributed by atoms with E-state index in [1.54, 1.807) is 80.2 Å². The highest BCUT2D eigenvalue weighted by Crippen LogP contribution is 2.39. The van der Waals surface area contributed by atoms with Gasteiger partial charge in [-0.3, -0.25) is 24.3 Å². The number of pyridine rings is 2. The molecule has 0 bridgehead atoms. The van der Waals surface area contributed by atoms with E-state index in [1.165, 1.54) is 12.1 Å². The molecule has 2 amide bonds. The summed E-state index contributed by atoms with van der Waals surface area (Å²) >= 11 is 0. The zero-order valence-electron chi connectivity index (χ0n) is 42.1. The van der Waals surface area contributed by atoms with Crippen molar-refractivity contribution < 1.29 is 37.4 Å². The average molecular weight is 987 g/mol. The van der Waals surface area contributed by atoms with Gasteiger partial charge in [-0.05, 0) is 122 Å². The molecule has 380 valence electrons. The van der Waals surface area contributed by atoms with Crippen LogP contribution < -0.4 is 10.6 Å². The topological polar surface area (TPSA) is 190 Å². The van der Waals surface area contributed by atoms with E-state index in [-0.39, 0.29) is 53.6 Å². The van der Waals surface area contributed by atoms with Crippen molar-refractivity contribution >= 4 is 47.0 Å². The Balaban J connectivity index is 0.000000213. The molecule has 0 atom stereocenters. The van der Waals surface area contributed by atoms with Crippen LogP contribution in [0.1, 0.15) is 104 Å². The molecule has 6 aromatic rings. The summed E-state index contributed by atoms with van der Waals surface area (Å²) in [5.41, 5.74) is 0.624. The average Bonchev–Trinajstić information content (AvgIpc) is 4.07. The number of amides is 2. The smallest absolute Gasteiger partial charge is 0.312 e. The third kappa shape index (κ3) is 12.1. The normalized spacial score (nSPS) is 15.2. The number of H-pyrrole nitrogens is 1. The molecule has 0 spiro atoms. The van der Waals surface area contributed by atoms with Gasteiger partial charge >= 0.3 is 11.9 Å². The number of anilines is 4. The molecule has 6 heterocycles. The number of halogens is 2. The summed E-state index contributed by atoms with van der Waals surface area (Å²) in [6.45, 7) is 14.9. The molecular weight excluding hydrogens is 923 g/mol. The Hall–Kier alpha value is -7.50. The van der Waals surface area contributed by atoms with Crippen molar-refractivity contribution in [1.29, 1.82) is 0 Å². The first-order valence-electron chi connectivity index (χ1n) is 24.4. The predicted octanol–water partition coefficient (Wildman–Crippen LogP) is 9.28. The fraction of sp³-hybridized carbons (Fsp3) is 0.407. The number of carbonyl (C=O) groups is 4. The second-order valence-corrected chi connectivity index (χ2v) is 19.4. The molecule has 4 aromatic heterocycles. The van der Waals surface area contributed by atoms with E-state index in [0.717, 1.165) is 17.2 Å². The Labute approximate surface area is 418 Å². The lowest BCUT2D eigenvalue weighted by Crippen LogP contribution is -2.48. The monoisotopic (exact) mass is 986 g/mol. The zero-order chi connectivity index (χ0) is 51.6. The molecule has 16 nitrogen and oxygen atoms in total. The maximum Gasteiger partial charge on any atom is 0.312 e. The van der Waals surface area contributed by atoms with Crippen LogP contribution in [0.25, 0.3) is 0 Å². The summed E-state index contributed by atoms with van der Waals surface area (Å²) in [6, 6.07) is 24.6. The Kier molecular flexibility index (Phi) is 16.5. The van der Waals surface area contributed by atoms with Crippen LogP contribution in [0.15, 0.2) is 97.3 Å². The van der Waals surface area contributed by atoms with Gasteiger partial charge in [0.2, 0.25) is 0 Å². The summed E-state index contributed by atoms with van der Waals surface area (Å²) < 4.78 is 41.9. The van der Waals surface area contributed by atoms with E-state index >= 15 is 0 Å². The zero-order valence-corrected chi connectivity index (χ0v) is 42.1. The van der Waals surface area contributed by atoms with Crippen molar-refractivity contribution in [3.8, 4) is 0 Å². The first-order valence-corrected chi connectivity index (χ1v) is 24.4. The molecule has 2 saturated heterocycles. The maximum atomic E-state index is 14.6.